The van der Waals surface area contributed by atoms with Crippen LogP contribution in [0, 0.1) is 0 Å². The van der Waals surface area contributed by atoms with Crippen molar-refractivity contribution in [3.8, 4) is 0 Å². The van der Waals surface area contributed by atoms with Crippen molar-refractivity contribution in [2.45, 2.75) is 13.0 Å². The zero-order valence-electron chi connectivity index (χ0n) is 15.5. The number of anilines is 2. The summed E-state index contributed by atoms with van der Waals surface area (Å²) >= 11 is 0. The SMILES string of the molecule is C[C@@H](NC(=O)c1cccc(Nc2ncccn2)c1)c1cccc2ccccc12. The van der Waals surface area contributed by atoms with Gasteiger partial charge in [0.1, 0.15) is 0 Å². The van der Waals surface area contributed by atoms with E-state index in [1.54, 1.807) is 30.6 Å². The first-order valence-corrected chi connectivity index (χ1v) is 9.13. The van der Waals surface area contributed by atoms with Crippen LogP contribution in [0.25, 0.3) is 10.8 Å². The Labute approximate surface area is 163 Å². The number of carbonyl (C=O) groups excluding carboxylic acids is 1. The maximum Gasteiger partial charge on any atom is 0.251 e. The third-order valence-corrected chi connectivity index (χ3v) is 4.58. The second-order valence-electron chi connectivity index (χ2n) is 6.54. The molecule has 4 rings (SSSR count). The second kappa shape index (κ2) is 7.88. The molecule has 0 fully saturated rings. The molecule has 5 heteroatoms. The van der Waals surface area contributed by atoms with Gasteiger partial charge < -0.3 is 10.6 Å². The summed E-state index contributed by atoms with van der Waals surface area (Å²) in [6, 6.07) is 23.3. The van der Waals surface area contributed by atoms with E-state index in [0.717, 1.165) is 22.0 Å². The molecule has 1 heterocycles. The number of carbonyl (C=O) groups is 1. The number of nitrogens with zero attached hydrogens (tertiary/aromatic N) is 2. The van der Waals surface area contributed by atoms with Crippen molar-refractivity contribution in [2.24, 2.45) is 0 Å². The van der Waals surface area contributed by atoms with E-state index in [2.05, 4.69) is 44.9 Å². The summed E-state index contributed by atoms with van der Waals surface area (Å²) < 4.78 is 0. The predicted molar refractivity (Wildman–Crippen MR) is 112 cm³/mol. The maximum atomic E-state index is 12.8. The van der Waals surface area contributed by atoms with Crippen LogP contribution >= 0.6 is 0 Å². The fraction of sp³-hybridized carbons (Fsp3) is 0.0870. The van der Waals surface area contributed by atoms with Crippen LogP contribution < -0.4 is 10.6 Å². The Morgan fingerprint density at radius 3 is 2.50 bits per heavy atom. The van der Waals surface area contributed by atoms with Gasteiger partial charge in [0.15, 0.2) is 0 Å². The van der Waals surface area contributed by atoms with Crippen LogP contribution in [0.1, 0.15) is 28.9 Å². The van der Waals surface area contributed by atoms with Crippen LogP contribution in [0.2, 0.25) is 0 Å². The van der Waals surface area contributed by atoms with E-state index in [-0.39, 0.29) is 11.9 Å². The molecule has 0 saturated carbocycles. The molecule has 138 valence electrons. The standard InChI is InChI=1S/C23H20N4O/c1-16(20-12-5-8-17-7-2-3-11-21(17)20)26-22(28)18-9-4-10-19(15-18)27-23-24-13-6-14-25-23/h2-16H,1H3,(H,26,28)(H,24,25,27)/t16-/m1/s1. The van der Waals surface area contributed by atoms with Crippen molar-refractivity contribution >= 4 is 28.3 Å². The summed E-state index contributed by atoms with van der Waals surface area (Å²) in [5.74, 6) is 0.363. The lowest BCUT2D eigenvalue weighted by atomic mass is 9.99. The molecule has 5 nitrogen and oxygen atoms in total. The maximum absolute atomic E-state index is 12.8. The van der Waals surface area contributed by atoms with Crippen LogP contribution in [-0.2, 0) is 0 Å². The largest absolute Gasteiger partial charge is 0.345 e. The van der Waals surface area contributed by atoms with Crippen LogP contribution in [0.15, 0.2) is 85.2 Å². The lowest BCUT2D eigenvalue weighted by Crippen LogP contribution is -2.26. The number of aromatic nitrogens is 2. The molecule has 28 heavy (non-hydrogen) atoms. The van der Waals surface area contributed by atoms with E-state index in [1.807, 2.05) is 37.3 Å². The fourth-order valence-corrected chi connectivity index (χ4v) is 3.22. The van der Waals surface area contributed by atoms with E-state index in [1.165, 1.54) is 0 Å². The highest BCUT2D eigenvalue weighted by molar-refractivity contribution is 5.96. The molecule has 1 amide bonds. The summed E-state index contributed by atoms with van der Waals surface area (Å²) in [4.78, 5) is 21.1. The van der Waals surface area contributed by atoms with Crippen LogP contribution in [-0.4, -0.2) is 15.9 Å². The van der Waals surface area contributed by atoms with Crippen LogP contribution in [0.5, 0.6) is 0 Å². The Morgan fingerprint density at radius 1 is 0.893 bits per heavy atom. The molecule has 3 aromatic carbocycles. The van der Waals surface area contributed by atoms with Gasteiger partial charge in [-0.05, 0) is 47.5 Å². The minimum Gasteiger partial charge on any atom is -0.345 e. The van der Waals surface area contributed by atoms with E-state index >= 15 is 0 Å². The minimum absolute atomic E-state index is 0.118. The zero-order valence-corrected chi connectivity index (χ0v) is 15.5. The van der Waals surface area contributed by atoms with E-state index < -0.39 is 0 Å². The molecule has 0 aliphatic rings. The number of benzene rings is 3. The summed E-state index contributed by atoms with van der Waals surface area (Å²) in [6.45, 7) is 2.00. The summed E-state index contributed by atoms with van der Waals surface area (Å²) in [7, 11) is 0. The Balaban J connectivity index is 1.52. The van der Waals surface area contributed by atoms with Gasteiger partial charge in [-0.2, -0.15) is 0 Å². The lowest BCUT2D eigenvalue weighted by molar-refractivity contribution is 0.0940. The van der Waals surface area contributed by atoms with Gasteiger partial charge in [-0.15, -0.1) is 0 Å². The first-order valence-electron chi connectivity index (χ1n) is 9.13. The van der Waals surface area contributed by atoms with Gasteiger partial charge in [0.2, 0.25) is 5.95 Å². The summed E-state index contributed by atoms with van der Waals surface area (Å²) in [5, 5.41) is 8.51. The van der Waals surface area contributed by atoms with Gasteiger partial charge in [-0.25, -0.2) is 9.97 Å². The van der Waals surface area contributed by atoms with Crippen molar-refractivity contribution < 1.29 is 4.79 Å². The van der Waals surface area contributed by atoms with Crippen molar-refractivity contribution in [1.82, 2.24) is 15.3 Å². The van der Waals surface area contributed by atoms with Crippen molar-refractivity contribution in [2.75, 3.05) is 5.32 Å². The topological polar surface area (TPSA) is 66.9 Å². The Hall–Kier alpha value is -3.73. The molecule has 1 aromatic heterocycles. The zero-order chi connectivity index (χ0) is 19.3. The average molecular weight is 368 g/mol. The number of hydrogen-bond acceptors (Lipinski definition) is 4. The van der Waals surface area contributed by atoms with Gasteiger partial charge in [-0.3, -0.25) is 4.79 Å². The van der Waals surface area contributed by atoms with Gasteiger partial charge in [0, 0.05) is 23.6 Å². The first kappa shape index (κ1) is 17.7. The van der Waals surface area contributed by atoms with E-state index in [9.17, 15) is 4.79 Å². The average Bonchev–Trinajstić information content (AvgIpc) is 2.74. The number of nitrogens with one attached hydrogen (secondary N) is 2. The normalized spacial score (nSPS) is 11.8. The second-order valence-corrected chi connectivity index (χ2v) is 6.54. The molecule has 0 aliphatic heterocycles. The summed E-state index contributed by atoms with van der Waals surface area (Å²) in [5.41, 5.74) is 2.43. The molecule has 0 saturated heterocycles. The summed E-state index contributed by atoms with van der Waals surface area (Å²) in [6.07, 6.45) is 3.33. The minimum atomic E-state index is -0.127. The lowest BCUT2D eigenvalue weighted by Gasteiger charge is -2.17. The fourth-order valence-electron chi connectivity index (χ4n) is 3.22. The quantitative estimate of drug-likeness (QED) is 0.528. The molecule has 1 atom stereocenters. The third kappa shape index (κ3) is 3.83. The van der Waals surface area contributed by atoms with Gasteiger partial charge >= 0.3 is 0 Å². The molecular weight excluding hydrogens is 348 g/mol. The third-order valence-electron chi connectivity index (χ3n) is 4.58. The molecule has 0 radical (unpaired) electrons. The highest BCUT2D eigenvalue weighted by Gasteiger charge is 2.14. The molecule has 0 unspecified atom stereocenters. The van der Waals surface area contributed by atoms with Crippen LogP contribution in [0.3, 0.4) is 0 Å². The monoisotopic (exact) mass is 368 g/mol. The number of amides is 1. The molecule has 2 N–H and O–H groups in total. The van der Waals surface area contributed by atoms with Crippen molar-refractivity contribution in [3.63, 3.8) is 0 Å². The Bertz CT molecular complexity index is 1110. The molecule has 4 aromatic rings. The van der Waals surface area contributed by atoms with Crippen molar-refractivity contribution in [3.05, 3.63) is 96.3 Å². The number of fused-ring (bicyclic) bond motifs is 1. The van der Waals surface area contributed by atoms with E-state index in [4.69, 9.17) is 0 Å². The molecular formula is C23H20N4O. The van der Waals surface area contributed by atoms with Gasteiger partial charge in [0.05, 0.1) is 6.04 Å². The predicted octanol–water partition coefficient (Wildman–Crippen LogP) is 4.86. The van der Waals surface area contributed by atoms with E-state index in [0.29, 0.717) is 11.5 Å². The van der Waals surface area contributed by atoms with Crippen LogP contribution in [0.4, 0.5) is 11.6 Å². The Kier molecular flexibility index (Phi) is 4.97. The smallest absolute Gasteiger partial charge is 0.251 e. The molecule has 0 bridgehead atoms. The van der Waals surface area contributed by atoms with Crippen molar-refractivity contribution in [1.29, 1.82) is 0 Å². The van der Waals surface area contributed by atoms with Gasteiger partial charge in [0.25, 0.3) is 5.91 Å². The first-order chi connectivity index (χ1) is 13.7. The number of hydrogen-bond donors (Lipinski definition) is 2. The van der Waals surface area contributed by atoms with Gasteiger partial charge in [-0.1, -0.05) is 48.5 Å². The Morgan fingerprint density at radius 2 is 1.64 bits per heavy atom. The highest BCUT2D eigenvalue weighted by atomic mass is 16.1. The number of rotatable bonds is 5. The highest BCUT2D eigenvalue weighted by Crippen LogP contribution is 2.24. The molecule has 0 aliphatic carbocycles. The molecule has 0 spiro atoms.